The fourth-order valence-corrected chi connectivity index (χ4v) is 3.20. The maximum absolute atomic E-state index is 13.9. The van der Waals surface area contributed by atoms with E-state index in [1.807, 2.05) is 27.7 Å². The average Bonchev–Trinajstić information content (AvgIpc) is 2.62. The van der Waals surface area contributed by atoms with E-state index >= 15 is 0 Å². The van der Waals surface area contributed by atoms with Crippen LogP contribution < -0.4 is 0 Å². The lowest BCUT2D eigenvalue weighted by Gasteiger charge is -2.06. The summed E-state index contributed by atoms with van der Waals surface area (Å²) >= 11 is 9.07. The summed E-state index contributed by atoms with van der Waals surface area (Å²) in [5, 5.41) is 0.357. The van der Waals surface area contributed by atoms with Gasteiger partial charge in [0.1, 0.15) is 5.82 Å². The van der Waals surface area contributed by atoms with E-state index in [-0.39, 0.29) is 28.1 Å². The van der Waals surface area contributed by atoms with Crippen LogP contribution in [-0.2, 0) is 0 Å². The van der Waals surface area contributed by atoms with Crippen LogP contribution >= 0.6 is 27.5 Å². The Bertz CT molecular complexity index is 523. The smallest absolute Gasteiger partial charge is 0.170 e. The van der Waals surface area contributed by atoms with Gasteiger partial charge < -0.3 is 0 Å². The SMILES string of the molecule is CC1(C)C(C(=O)c2cc(Cl)c(Br)cc2F)C1(C)C. The Hall–Kier alpha value is -0.410. The molecule has 0 heterocycles. The van der Waals surface area contributed by atoms with E-state index in [9.17, 15) is 9.18 Å². The molecule has 0 unspecified atom stereocenters. The molecule has 1 aliphatic carbocycles. The van der Waals surface area contributed by atoms with Gasteiger partial charge in [0, 0.05) is 10.4 Å². The molecule has 1 aliphatic rings. The summed E-state index contributed by atoms with van der Waals surface area (Å²) in [6.07, 6.45) is 0. The van der Waals surface area contributed by atoms with Gasteiger partial charge in [-0.25, -0.2) is 4.39 Å². The Kier molecular flexibility index (Phi) is 3.14. The molecule has 0 bridgehead atoms. The largest absolute Gasteiger partial charge is 0.294 e. The van der Waals surface area contributed by atoms with E-state index in [2.05, 4.69) is 15.9 Å². The summed E-state index contributed by atoms with van der Waals surface area (Å²) in [7, 11) is 0. The van der Waals surface area contributed by atoms with Crippen LogP contribution in [0.2, 0.25) is 5.02 Å². The fraction of sp³-hybridized carbons (Fsp3) is 0.500. The molecule has 98 valence electrons. The van der Waals surface area contributed by atoms with E-state index in [4.69, 9.17) is 11.6 Å². The summed E-state index contributed by atoms with van der Waals surface area (Å²) in [5.41, 5.74) is -0.113. The van der Waals surface area contributed by atoms with Gasteiger partial charge in [0.2, 0.25) is 0 Å². The summed E-state index contributed by atoms with van der Waals surface area (Å²) in [5.74, 6) is -0.830. The monoisotopic (exact) mass is 332 g/mol. The predicted molar refractivity (Wildman–Crippen MR) is 74.5 cm³/mol. The molecular formula is C14H15BrClFO. The Balaban J connectivity index is 2.41. The first kappa shape index (κ1) is 14.0. The van der Waals surface area contributed by atoms with Gasteiger partial charge in [0.15, 0.2) is 5.78 Å². The van der Waals surface area contributed by atoms with E-state index in [1.165, 1.54) is 12.1 Å². The molecule has 1 nitrogen and oxygen atoms in total. The number of hydrogen-bond acceptors (Lipinski definition) is 1. The number of Topliss-reactive ketones (excluding diaryl/α,β-unsaturated/α-hetero) is 1. The molecule has 0 N–H and O–H groups in total. The standard InChI is InChI=1S/C14H15BrClFO/c1-13(2)12(14(13,3)4)11(18)7-5-9(16)8(15)6-10(7)17/h5-6,12H,1-4H3. The molecule has 1 fully saturated rings. The second-order valence-electron chi connectivity index (χ2n) is 5.99. The molecule has 0 aliphatic heterocycles. The van der Waals surface area contributed by atoms with Crippen LogP contribution in [0.5, 0.6) is 0 Å². The Morgan fingerprint density at radius 2 is 1.78 bits per heavy atom. The molecule has 1 saturated carbocycles. The third-order valence-electron chi connectivity index (χ3n) is 4.56. The van der Waals surface area contributed by atoms with Crippen molar-refractivity contribution in [2.24, 2.45) is 16.7 Å². The van der Waals surface area contributed by atoms with Crippen LogP contribution in [0.25, 0.3) is 0 Å². The quantitative estimate of drug-likeness (QED) is 0.543. The highest BCUT2D eigenvalue weighted by Gasteiger charge is 2.68. The molecule has 0 aromatic heterocycles. The third-order valence-corrected chi connectivity index (χ3v) is 5.76. The van der Waals surface area contributed by atoms with Crippen molar-refractivity contribution in [3.05, 3.63) is 33.0 Å². The van der Waals surface area contributed by atoms with Crippen molar-refractivity contribution < 1.29 is 9.18 Å². The van der Waals surface area contributed by atoms with Gasteiger partial charge in [-0.05, 0) is 38.9 Å². The topological polar surface area (TPSA) is 17.1 Å². The Morgan fingerprint density at radius 1 is 1.28 bits per heavy atom. The average molecular weight is 334 g/mol. The molecule has 1 aromatic carbocycles. The van der Waals surface area contributed by atoms with Crippen LogP contribution in [-0.4, -0.2) is 5.78 Å². The van der Waals surface area contributed by atoms with Gasteiger partial charge in [0.05, 0.1) is 10.6 Å². The summed E-state index contributed by atoms with van der Waals surface area (Å²) in [4.78, 5) is 12.4. The molecule has 1 aromatic rings. The number of hydrogen-bond donors (Lipinski definition) is 0. The highest BCUT2D eigenvalue weighted by atomic mass is 79.9. The fourth-order valence-electron chi connectivity index (χ4n) is 2.72. The molecule has 4 heteroatoms. The van der Waals surface area contributed by atoms with Gasteiger partial charge in [0.25, 0.3) is 0 Å². The van der Waals surface area contributed by atoms with E-state index in [0.717, 1.165) is 0 Å². The highest BCUT2D eigenvalue weighted by molar-refractivity contribution is 9.10. The van der Waals surface area contributed by atoms with Gasteiger partial charge in [-0.1, -0.05) is 39.3 Å². The first-order valence-electron chi connectivity index (χ1n) is 5.79. The minimum absolute atomic E-state index is 0.0897. The molecule has 0 radical (unpaired) electrons. The molecule has 18 heavy (non-hydrogen) atoms. The van der Waals surface area contributed by atoms with Crippen molar-refractivity contribution in [1.29, 1.82) is 0 Å². The zero-order chi connectivity index (χ0) is 13.9. The number of carbonyl (C=O) groups is 1. The number of halogens is 3. The molecule has 2 rings (SSSR count). The maximum atomic E-state index is 13.9. The van der Waals surface area contributed by atoms with Crippen LogP contribution in [0, 0.1) is 22.6 Å². The molecular weight excluding hydrogens is 319 g/mol. The molecule has 0 spiro atoms. The lowest BCUT2D eigenvalue weighted by Crippen LogP contribution is -2.10. The molecule has 0 saturated heterocycles. The maximum Gasteiger partial charge on any atom is 0.170 e. The lowest BCUT2D eigenvalue weighted by molar-refractivity contribution is 0.0941. The summed E-state index contributed by atoms with van der Waals surface area (Å²) in [6.45, 7) is 8.14. The van der Waals surface area contributed by atoms with E-state index in [0.29, 0.717) is 9.50 Å². The third kappa shape index (κ3) is 1.83. The van der Waals surface area contributed by atoms with Gasteiger partial charge in [-0.2, -0.15) is 0 Å². The van der Waals surface area contributed by atoms with Gasteiger partial charge in [-0.3, -0.25) is 4.79 Å². The Labute approximate surface area is 120 Å². The molecule has 0 amide bonds. The van der Waals surface area contributed by atoms with Crippen LogP contribution in [0.15, 0.2) is 16.6 Å². The van der Waals surface area contributed by atoms with Gasteiger partial charge in [-0.15, -0.1) is 0 Å². The lowest BCUT2D eigenvalue weighted by atomic mass is 10.0. The second-order valence-corrected chi connectivity index (χ2v) is 7.25. The minimum Gasteiger partial charge on any atom is -0.294 e. The second kappa shape index (κ2) is 4.04. The number of ketones is 1. The zero-order valence-electron chi connectivity index (χ0n) is 10.8. The normalized spacial score (nSPS) is 20.8. The van der Waals surface area contributed by atoms with E-state index in [1.54, 1.807) is 0 Å². The van der Waals surface area contributed by atoms with Crippen molar-refractivity contribution in [3.8, 4) is 0 Å². The van der Waals surface area contributed by atoms with Crippen molar-refractivity contribution in [3.63, 3.8) is 0 Å². The highest BCUT2D eigenvalue weighted by Crippen LogP contribution is 2.69. The van der Waals surface area contributed by atoms with E-state index < -0.39 is 5.82 Å². The minimum atomic E-state index is -0.519. The zero-order valence-corrected chi connectivity index (χ0v) is 13.1. The number of carbonyl (C=O) groups excluding carboxylic acids is 1. The van der Waals surface area contributed by atoms with Crippen LogP contribution in [0.3, 0.4) is 0 Å². The van der Waals surface area contributed by atoms with Crippen LogP contribution in [0.1, 0.15) is 38.1 Å². The van der Waals surface area contributed by atoms with Crippen molar-refractivity contribution in [1.82, 2.24) is 0 Å². The van der Waals surface area contributed by atoms with Gasteiger partial charge >= 0.3 is 0 Å². The molecule has 0 atom stereocenters. The number of benzene rings is 1. The predicted octanol–water partition coefficient (Wildman–Crippen LogP) is 5.11. The summed E-state index contributed by atoms with van der Waals surface area (Å²) < 4.78 is 14.3. The van der Waals surface area contributed by atoms with Crippen molar-refractivity contribution in [2.75, 3.05) is 0 Å². The van der Waals surface area contributed by atoms with Crippen molar-refractivity contribution in [2.45, 2.75) is 27.7 Å². The summed E-state index contributed by atoms with van der Waals surface area (Å²) in [6, 6.07) is 2.66. The Morgan fingerprint density at radius 3 is 2.22 bits per heavy atom. The first-order chi connectivity index (χ1) is 8.10. The number of rotatable bonds is 2. The van der Waals surface area contributed by atoms with Crippen LogP contribution in [0.4, 0.5) is 4.39 Å². The first-order valence-corrected chi connectivity index (χ1v) is 6.96. The van der Waals surface area contributed by atoms with Crippen molar-refractivity contribution >= 4 is 33.3 Å².